The summed E-state index contributed by atoms with van der Waals surface area (Å²) in [5.41, 5.74) is 0.262. The lowest BCUT2D eigenvalue weighted by atomic mass is 10.3. The van der Waals surface area contributed by atoms with Gasteiger partial charge in [-0.05, 0) is 24.3 Å². The van der Waals surface area contributed by atoms with Crippen molar-refractivity contribution in [2.45, 2.75) is 0 Å². The molecule has 0 saturated carbocycles. The van der Waals surface area contributed by atoms with Crippen LogP contribution in [0.15, 0.2) is 47.3 Å². The lowest BCUT2D eigenvalue weighted by molar-refractivity contribution is 0.102. The number of hydrogen-bond donors (Lipinski definition) is 1. The summed E-state index contributed by atoms with van der Waals surface area (Å²) in [6.07, 6.45) is 4.84. The van der Waals surface area contributed by atoms with E-state index in [0.29, 0.717) is 10.3 Å². The van der Waals surface area contributed by atoms with Crippen LogP contribution in [0.5, 0.6) is 0 Å². The molecule has 0 saturated heterocycles. The first-order chi connectivity index (χ1) is 9.63. The second kappa shape index (κ2) is 5.01. The normalized spacial score (nSPS) is 10.7. The van der Waals surface area contributed by atoms with Gasteiger partial charge in [0, 0.05) is 23.1 Å². The van der Waals surface area contributed by atoms with Gasteiger partial charge >= 0.3 is 0 Å². The molecule has 2 heterocycles. The molecule has 1 amide bonds. The molecule has 0 atom stereocenters. The van der Waals surface area contributed by atoms with Gasteiger partial charge in [-0.3, -0.25) is 9.20 Å². The molecule has 5 nitrogen and oxygen atoms in total. The summed E-state index contributed by atoms with van der Waals surface area (Å²) in [4.78, 5) is 20.1. The van der Waals surface area contributed by atoms with Crippen molar-refractivity contribution in [1.82, 2.24) is 14.4 Å². The second-order valence-corrected chi connectivity index (χ2v) is 4.95. The maximum Gasteiger partial charge on any atom is 0.276 e. The maximum atomic E-state index is 13.6. The fourth-order valence-corrected chi connectivity index (χ4v) is 2.08. The van der Waals surface area contributed by atoms with Crippen molar-refractivity contribution in [2.75, 3.05) is 5.32 Å². The van der Waals surface area contributed by atoms with Gasteiger partial charge in [-0.2, -0.15) is 0 Å². The maximum absolute atomic E-state index is 13.6. The highest BCUT2D eigenvalue weighted by Gasteiger charge is 2.13. The highest BCUT2D eigenvalue weighted by molar-refractivity contribution is 9.10. The molecular weight excluding hydrogens is 327 g/mol. The summed E-state index contributed by atoms with van der Waals surface area (Å²) < 4.78 is 15.9. The molecule has 1 N–H and O–H groups in total. The van der Waals surface area contributed by atoms with Crippen LogP contribution in [0.3, 0.4) is 0 Å². The van der Waals surface area contributed by atoms with Gasteiger partial charge < -0.3 is 5.32 Å². The molecule has 0 radical (unpaired) electrons. The number of fused-ring (bicyclic) bond motifs is 1. The van der Waals surface area contributed by atoms with Gasteiger partial charge in [0.1, 0.15) is 11.5 Å². The zero-order chi connectivity index (χ0) is 14.1. The molecule has 3 aromatic rings. The van der Waals surface area contributed by atoms with Gasteiger partial charge in [-0.15, -0.1) is 0 Å². The zero-order valence-corrected chi connectivity index (χ0v) is 11.6. The topological polar surface area (TPSA) is 59.3 Å². The summed E-state index contributed by atoms with van der Waals surface area (Å²) in [5.74, 6) is -0.594. The van der Waals surface area contributed by atoms with Crippen molar-refractivity contribution < 1.29 is 9.18 Å². The number of benzene rings is 1. The molecule has 100 valence electrons. The fraction of sp³-hybridized carbons (Fsp3) is 0. The number of nitrogens with one attached hydrogen (secondary N) is 1. The van der Waals surface area contributed by atoms with E-state index in [1.165, 1.54) is 18.3 Å². The zero-order valence-electron chi connectivity index (χ0n) is 10.0. The van der Waals surface area contributed by atoms with E-state index in [1.54, 1.807) is 28.9 Å². The van der Waals surface area contributed by atoms with Crippen LogP contribution < -0.4 is 5.32 Å². The molecular formula is C13H8BrFN4O. The number of carbonyl (C=O) groups is 1. The predicted molar refractivity (Wildman–Crippen MR) is 75.0 cm³/mol. The summed E-state index contributed by atoms with van der Waals surface area (Å²) in [6, 6.07) is 6.04. The van der Waals surface area contributed by atoms with Crippen molar-refractivity contribution in [1.29, 1.82) is 0 Å². The van der Waals surface area contributed by atoms with Crippen LogP contribution >= 0.6 is 15.9 Å². The summed E-state index contributed by atoms with van der Waals surface area (Å²) >= 11 is 3.22. The van der Waals surface area contributed by atoms with E-state index in [0.717, 1.165) is 0 Å². The molecule has 2 aromatic heterocycles. The quantitative estimate of drug-likeness (QED) is 0.783. The Kier molecular flexibility index (Phi) is 3.19. The summed E-state index contributed by atoms with van der Waals surface area (Å²) in [7, 11) is 0. The number of rotatable bonds is 2. The SMILES string of the molecule is O=C(Nc1cc(Br)ccc1F)c1cn2cccnc2n1. The number of nitrogens with zero attached hydrogens (tertiary/aromatic N) is 3. The molecule has 7 heteroatoms. The first kappa shape index (κ1) is 12.7. The molecule has 1 aromatic carbocycles. The largest absolute Gasteiger partial charge is 0.318 e. The standard InChI is InChI=1S/C13H8BrFN4O/c14-8-2-3-9(15)10(6-8)17-12(20)11-7-19-5-1-4-16-13(19)18-11/h1-7H,(H,17,20). The Balaban J connectivity index is 1.90. The minimum absolute atomic E-state index is 0.0920. The Morgan fingerprint density at radius 2 is 2.25 bits per heavy atom. The van der Waals surface area contributed by atoms with Gasteiger partial charge in [-0.1, -0.05) is 15.9 Å². The minimum Gasteiger partial charge on any atom is -0.318 e. The number of amides is 1. The molecule has 0 aliphatic carbocycles. The molecule has 0 aliphatic rings. The Hall–Kier alpha value is -2.28. The van der Waals surface area contributed by atoms with E-state index < -0.39 is 11.7 Å². The van der Waals surface area contributed by atoms with E-state index in [2.05, 4.69) is 31.2 Å². The molecule has 3 rings (SSSR count). The Bertz CT molecular complexity index is 769. The van der Waals surface area contributed by atoms with Crippen molar-refractivity contribution >= 4 is 33.3 Å². The third kappa shape index (κ3) is 2.39. The number of anilines is 1. The average Bonchev–Trinajstić information content (AvgIpc) is 2.87. The van der Waals surface area contributed by atoms with Crippen LogP contribution in [0.2, 0.25) is 0 Å². The van der Waals surface area contributed by atoms with Gasteiger partial charge in [0.25, 0.3) is 5.91 Å². The molecule has 0 aliphatic heterocycles. The Morgan fingerprint density at radius 3 is 3.05 bits per heavy atom. The second-order valence-electron chi connectivity index (χ2n) is 4.03. The van der Waals surface area contributed by atoms with Crippen molar-refractivity contribution in [3.63, 3.8) is 0 Å². The number of carbonyl (C=O) groups excluding carboxylic acids is 1. The van der Waals surface area contributed by atoms with Crippen LogP contribution in [0.1, 0.15) is 10.5 Å². The lowest BCUT2D eigenvalue weighted by Gasteiger charge is -2.04. The first-order valence-electron chi connectivity index (χ1n) is 5.69. The van der Waals surface area contributed by atoms with Crippen molar-refractivity contribution in [3.05, 3.63) is 58.8 Å². The highest BCUT2D eigenvalue weighted by Crippen LogP contribution is 2.20. The summed E-state index contributed by atoms with van der Waals surface area (Å²) in [5, 5.41) is 2.48. The number of imidazole rings is 1. The molecule has 0 spiro atoms. The molecule has 0 unspecified atom stereocenters. The van der Waals surface area contributed by atoms with Gasteiger partial charge in [-0.25, -0.2) is 14.4 Å². The van der Waals surface area contributed by atoms with Crippen LogP contribution in [0, 0.1) is 5.82 Å². The minimum atomic E-state index is -0.511. The van der Waals surface area contributed by atoms with Crippen LogP contribution in [-0.4, -0.2) is 20.3 Å². The third-order valence-corrected chi connectivity index (χ3v) is 3.14. The third-order valence-electron chi connectivity index (χ3n) is 2.64. The summed E-state index contributed by atoms with van der Waals surface area (Å²) in [6.45, 7) is 0. The Labute approximate surface area is 121 Å². The van der Waals surface area contributed by atoms with Crippen LogP contribution in [0.25, 0.3) is 5.78 Å². The lowest BCUT2D eigenvalue weighted by Crippen LogP contribution is -2.13. The van der Waals surface area contributed by atoms with E-state index in [4.69, 9.17) is 0 Å². The number of hydrogen-bond acceptors (Lipinski definition) is 3. The highest BCUT2D eigenvalue weighted by atomic mass is 79.9. The van der Waals surface area contributed by atoms with Crippen LogP contribution in [0.4, 0.5) is 10.1 Å². The van der Waals surface area contributed by atoms with Gasteiger partial charge in [0.2, 0.25) is 5.78 Å². The molecule has 0 bridgehead atoms. The number of aromatic nitrogens is 3. The molecule has 0 fully saturated rings. The smallest absolute Gasteiger partial charge is 0.276 e. The van der Waals surface area contributed by atoms with Gasteiger partial charge in [0.05, 0.1) is 5.69 Å². The first-order valence-corrected chi connectivity index (χ1v) is 6.49. The Morgan fingerprint density at radius 1 is 1.40 bits per heavy atom. The molecule has 20 heavy (non-hydrogen) atoms. The van der Waals surface area contributed by atoms with E-state index in [-0.39, 0.29) is 11.4 Å². The monoisotopic (exact) mass is 334 g/mol. The van der Waals surface area contributed by atoms with E-state index in [1.807, 2.05) is 0 Å². The van der Waals surface area contributed by atoms with E-state index >= 15 is 0 Å². The van der Waals surface area contributed by atoms with Crippen molar-refractivity contribution in [3.8, 4) is 0 Å². The van der Waals surface area contributed by atoms with Gasteiger partial charge in [0.15, 0.2) is 0 Å². The predicted octanol–water partition coefficient (Wildman–Crippen LogP) is 2.88. The van der Waals surface area contributed by atoms with Crippen LogP contribution in [-0.2, 0) is 0 Å². The fourth-order valence-electron chi connectivity index (χ4n) is 1.72. The van der Waals surface area contributed by atoms with Crippen molar-refractivity contribution in [2.24, 2.45) is 0 Å². The number of halogens is 2. The average molecular weight is 335 g/mol. The van der Waals surface area contributed by atoms with E-state index in [9.17, 15) is 9.18 Å².